The molecule has 2 aromatic rings. The number of hydroxylamine groups is 2. The highest BCUT2D eigenvalue weighted by atomic mass is 16.7. The van der Waals surface area contributed by atoms with Crippen LogP contribution in [0.2, 0.25) is 0 Å². The molecule has 0 aromatic heterocycles. The molecular weight excluding hydrogens is 294 g/mol. The summed E-state index contributed by atoms with van der Waals surface area (Å²) < 4.78 is 4.90. The molecule has 2 aromatic carbocycles. The molecule has 0 bridgehead atoms. The van der Waals surface area contributed by atoms with Gasteiger partial charge >= 0.3 is 11.9 Å². The van der Waals surface area contributed by atoms with Crippen LogP contribution in [0.25, 0.3) is 0 Å². The molecule has 1 atom stereocenters. The molecule has 0 aliphatic heterocycles. The maximum atomic E-state index is 12.3. The van der Waals surface area contributed by atoms with Gasteiger partial charge in [-0.25, -0.2) is 4.79 Å². The van der Waals surface area contributed by atoms with E-state index in [4.69, 9.17) is 9.57 Å². The molecule has 0 N–H and O–H groups in total. The van der Waals surface area contributed by atoms with Gasteiger partial charge in [0.05, 0.1) is 13.7 Å². The largest absolute Gasteiger partial charge is 0.467 e. The maximum Gasteiger partial charge on any atom is 0.331 e. The van der Waals surface area contributed by atoms with Gasteiger partial charge in [-0.05, 0) is 11.1 Å². The first-order valence-corrected chi connectivity index (χ1v) is 7.23. The minimum Gasteiger partial charge on any atom is -0.467 e. The molecule has 0 saturated carbocycles. The number of rotatable bonds is 6. The summed E-state index contributed by atoms with van der Waals surface area (Å²) >= 11 is 0. The predicted molar refractivity (Wildman–Crippen MR) is 85.0 cm³/mol. The standard InChI is InChI=1S/C18H19NO4/c1-14(20)23-19(13-15-9-5-3-6-10-15)17(18(21)22-2)16-11-7-4-8-12-16/h3-12,17H,13H2,1-2H3/t17-/m0/s1. The molecule has 23 heavy (non-hydrogen) atoms. The van der Waals surface area contributed by atoms with Crippen molar-refractivity contribution < 1.29 is 19.2 Å². The number of carbonyl (C=O) groups is 2. The molecule has 0 spiro atoms. The summed E-state index contributed by atoms with van der Waals surface area (Å²) in [5.41, 5.74) is 1.61. The van der Waals surface area contributed by atoms with Gasteiger partial charge in [-0.15, -0.1) is 5.06 Å². The highest BCUT2D eigenvalue weighted by Gasteiger charge is 2.31. The van der Waals surface area contributed by atoms with Crippen molar-refractivity contribution in [2.45, 2.75) is 19.5 Å². The van der Waals surface area contributed by atoms with E-state index in [9.17, 15) is 9.59 Å². The normalized spacial score (nSPS) is 11.8. The van der Waals surface area contributed by atoms with Crippen LogP contribution in [-0.2, 0) is 25.7 Å². The Hall–Kier alpha value is -2.66. The minimum atomic E-state index is -0.828. The van der Waals surface area contributed by atoms with Crippen LogP contribution in [0.3, 0.4) is 0 Å². The first kappa shape index (κ1) is 16.7. The molecule has 5 nitrogen and oxygen atoms in total. The van der Waals surface area contributed by atoms with Crippen LogP contribution in [0.15, 0.2) is 60.7 Å². The van der Waals surface area contributed by atoms with E-state index >= 15 is 0 Å². The quantitative estimate of drug-likeness (QED) is 0.606. The van der Waals surface area contributed by atoms with E-state index in [-0.39, 0.29) is 6.54 Å². The zero-order valence-corrected chi connectivity index (χ0v) is 13.1. The fourth-order valence-electron chi connectivity index (χ4n) is 2.27. The van der Waals surface area contributed by atoms with Crippen LogP contribution in [-0.4, -0.2) is 24.1 Å². The number of carbonyl (C=O) groups excluding carboxylic acids is 2. The van der Waals surface area contributed by atoms with Gasteiger partial charge in [0.1, 0.15) is 0 Å². The third-order valence-electron chi connectivity index (χ3n) is 3.25. The molecule has 0 fully saturated rings. The summed E-state index contributed by atoms with van der Waals surface area (Å²) in [6.07, 6.45) is 0. The van der Waals surface area contributed by atoms with E-state index in [2.05, 4.69) is 0 Å². The fraction of sp³-hybridized carbons (Fsp3) is 0.222. The Kier molecular flexibility index (Phi) is 5.88. The highest BCUT2D eigenvalue weighted by Crippen LogP contribution is 2.24. The summed E-state index contributed by atoms with van der Waals surface area (Å²) in [4.78, 5) is 29.0. The summed E-state index contributed by atoms with van der Waals surface area (Å²) in [7, 11) is 1.31. The lowest BCUT2D eigenvalue weighted by atomic mass is 10.1. The van der Waals surface area contributed by atoms with Gasteiger partial charge in [0.2, 0.25) is 0 Å². The van der Waals surface area contributed by atoms with E-state index in [1.807, 2.05) is 48.5 Å². The topological polar surface area (TPSA) is 55.8 Å². The van der Waals surface area contributed by atoms with Crippen molar-refractivity contribution in [3.05, 3.63) is 71.8 Å². The second-order valence-electron chi connectivity index (χ2n) is 4.98. The van der Waals surface area contributed by atoms with Gasteiger partial charge in [-0.1, -0.05) is 60.7 Å². The number of hydrogen-bond donors (Lipinski definition) is 0. The smallest absolute Gasteiger partial charge is 0.331 e. The second kappa shape index (κ2) is 8.10. The fourth-order valence-corrected chi connectivity index (χ4v) is 2.27. The summed E-state index contributed by atoms with van der Waals surface area (Å²) in [6.45, 7) is 1.58. The number of esters is 1. The monoisotopic (exact) mass is 313 g/mol. The Morgan fingerprint density at radius 1 is 1.00 bits per heavy atom. The molecule has 0 saturated heterocycles. The van der Waals surface area contributed by atoms with Gasteiger partial charge < -0.3 is 9.57 Å². The number of nitrogens with zero attached hydrogens (tertiary/aromatic N) is 1. The third kappa shape index (κ3) is 4.66. The lowest BCUT2D eigenvalue weighted by Crippen LogP contribution is -2.36. The van der Waals surface area contributed by atoms with Gasteiger partial charge in [-0.3, -0.25) is 4.79 Å². The van der Waals surface area contributed by atoms with Crippen molar-refractivity contribution in [2.24, 2.45) is 0 Å². The van der Waals surface area contributed by atoms with Crippen LogP contribution >= 0.6 is 0 Å². The molecule has 0 unspecified atom stereocenters. The van der Waals surface area contributed by atoms with Crippen molar-refractivity contribution in [1.29, 1.82) is 0 Å². The van der Waals surface area contributed by atoms with Gasteiger partial charge in [-0.2, -0.15) is 0 Å². The summed E-state index contributed by atoms with van der Waals surface area (Å²) in [6, 6.07) is 17.7. The molecule has 0 aliphatic rings. The average Bonchev–Trinajstić information content (AvgIpc) is 2.56. The van der Waals surface area contributed by atoms with E-state index in [1.54, 1.807) is 12.1 Å². The van der Waals surface area contributed by atoms with Crippen molar-refractivity contribution in [1.82, 2.24) is 5.06 Å². The van der Waals surface area contributed by atoms with Crippen molar-refractivity contribution in [3.8, 4) is 0 Å². The Balaban J connectivity index is 2.35. The number of hydrogen-bond acceptors (Lipinski definition) is 5. The van der Waals surface area contributed by atoms with Crippen LogP contribution in [0.4, 0.5) is 0 Å². The van der Waals surface area contributed by atoms with Gasteiger partial charge in [0, 0.05) is 6.92 Å². The van der Waals surface area contributed by atoms with Crippen LogP contribution < -0.4 is 0 Å². The Bertz CT molecular complexity index is 643. The van der Waals surface area contributed by atoms with E-state index in [0.717, 1.165) is 5.56 Å². The van der Waals surface area contributed by atoms with Crippen LogP contribution in [0.5, 0.6) is 0 Å². The minimum absolute atomic E-state index is 0.273. The van der Waals surface area contributed by atoms with Crippen molar-refractivity contribution in [3.63, 3.8) is 0 Å². The van der Waals surface area contributed by atoms with E-state index in [0.29, 0.717) is 5.56 Å². The molecule has 0 aliphatic carbocycles. The number of methoxy groups -OCH3 is 1. The summed E-state index contributed by atoms with van der Waals surface area (Å²) in [5, 5.41) is 1.35. The first-order chi connectivity index (χ1) is 11.1. The van der Waals surface area contributed by atoms with E-state index < -0.39 is 18.0 Å². The van der Waals surface area contributed by atoms with Crippen molar-refractivity contribution in [2.75, 3.05) is 7.11 Å². The zero-order valence-electron chi connectivity index (χ0n) is 13.1. The zero-order chi connectivity index (χ0) is 16.7. The Morgan fingerprint density at radius 2 is 1.57 bits per heavy atom. The maximum absolute atomic E-state index is 12.3. The van der Waals surface area contributed by atoms with E-state index in [1.165, 1.54) is 19.1 Å². The van der Waals surface area contributed by atoms with Crippen LogP contribution in [0, 0.1) is 0 Å². The number of benzene rings is 2. The molecule has 0 amide bonds. The Morgan fingerprint density at radius 3 is 2.09 bits per heavy atom. The third-order valence-corrected chi connectivity index (χ3v) is 3.25. The highest BCUT2D eigenvalue weighted by molar-refractivity contribution is 5.77. The number of ether oxygens (including phenoxy) is 1. The lowest BCUT2D eigenvalue weighted by molar-refractivity contribution is -0.210. The Labute approximate surface area is 135 Å². The molecular formula is C18H19NO4. The van der Waals surface area contributed by atoms with Gasteiger partial charge in [0.25, 0.3) is 0 Å². The first-order valence-electron chi connectivity index (χ1n) is 7.23. The molecule has 0 heterocycles. The molecule has 0 radical (unpaired) electrons. The SMILES string of the molecule is COC(=O)[C@H](c1ccccc1)N(Cc1ccccc1)OC(C)=O. The summed E-state index contributed by atoms with van der Waals surface area (Å²) in [5.74, 6) is -0.987. The van der Waals surface area contributed by atoms with Crippen LogP contribution in [0.1, 0.15) is 24.1 Å². The van der Waals surface area contributed by atoms with Gasteiger partial charge in [0.15, 0.2) is 6.04 Å². The second-order valence-corrected chi connectivity index (χ2v) is 4.98. The average molecular weight is 313 g/mol. The molecule has 2 rings (SSSR count). The molecule has 120 valence electrons. The lowest BCUT2D eigenvalue weighted by Gasteiger charge is -2.28. The molecule has 5 heteroatoms. The van der Waals surface area contributed by atoms with Crippen molar-refractivity contribution >= 4 is 11.9 Å². The predicted octanol–water partition coefficient (Wildman–Crippen LogP) is 2.88.